The maximum atomic E-state index is 15.0. The standard InChI is InChI=1S/C57H76N13O9S2Si/c1-41-7-9-43(10-8-41)47(70(82)53(73)57(62-54(74)79-56(3,4)5)16-21-68(22-17-57)50-46-13-18-59-49(46)60-39-61-50)14-20-66-24-26-67(27-25-66)48(71)15-29-75-31-33-77-35-36-78-34-32-76-30-28-65(6)52(72)51-63-64-55(81-51)80-38-44-11-12-45(37-42(44)2)69-23-19-58-40-69/h7-13,18-19,23,37,39-40,47H,14-17,20-22,24-36,38H2,1-6H3,(H,62,74)(H,59,60,61)/t47-/m0/s1. The second-order valence-electron chi connectivity index (χ2n) is 21.4. The van der Waals surface area contributed by atoms with E-state index in [0.717, 1.165) is 43.8 Å². The average Bonchev–Trinajstić information content (AvgIpc) is 4.37. The second-order valence-corrected chi connectivity index (χ2v) is 24.1. The van der Waals surface area contributed by atoms with Crippen LogP contribution in [0, 0.1) is 13.8 Å². The maximum Gasteiger partial charge on any atom is 0.408 e. The van der Waals surface area contributed by atoms with Gasteiger partial charge < -0.3 is 57.8 Å². The van der Waals surface area contributed by atoms with Crippen LogP contribution in [0.15, 0.2) is 84.1 Å². The molecule has 2 aromatic carbocycles. The number of fused-ring (bicyclic) bond motifs is 1. The topological polar surface area (TPSA) is 228 Å². The summed E-state index contributed by atoms with van der Waals surface area (Å²) >= 11 is 2.85. The number of carbonyl (C=O) groups is 4. The van der Waals surface area contributed by atoms with Gasteiger partial charge in [0.25, 0.3) is 5.91 Å². The lowest BCUT2D eigenvalue weighted by Crippen LogP contribution is -2.64. The van der Waals surface area contributed by atoms with E-state index >= 15 is 0 Å². The number of piperazine rings is 1. The number of H-pyrrole nitrogens is 1. The van der Waals surface area contributed by atoms with Gasteiger partial charge in [0, 0.05) is 95.5 Å². The summed E-state index contributed by atoms with van der Waals surface area (Å²) < 4.78 is 32.7. The summed E-state index contributed by atoms with van der Waals surface area (Å²) in [4.78, 5) is 78.8. The number of ether oxygens (including phenoxy) is 5. The van der Waals surface area contributed by atoms with E-state index in [0.29, 0.717) is 129 Å². The van der Waals surface area contributed by atoms with Crippen molar-refractivity contribution in [2.24, 2.45) is 0 Å². The van der Waals surface area contributed by atoms with Gasteiger partial charge in [-0.15, -0.1) is 10.2 Å². The number of hydrogen-bond donors (Lipinski definition) is 2. The molecule has 6 heterocycles. The third-order valence-electron chi connectivity index (χ3n) is 14.4. The van der Waals surface area contributed by atoms with E-state index in [9.17, 15) is 19.2 Å². The molecule has 1 atom stereocenters. The summed E-state index contributed by atoms with van der Waals surface area (Å²) in [5.41, 5.74) is 4.18. The van der Waals surface area contributed by atoms with E-state index in [-0.39, 0.29) is 30.2 Å². The molecule has 22 nitrogen and oxygen atoms in total. The van der Waals surface area contributed by atoms with Crippen molar-refractivity contribution in [1.29, 1.82) is 0 Å². The SMILES string of the molecule is Cc1ccc([C@H](CCN2CCN(C(=O)CCOCCOCCOCCOCCN(C)C(=O)c3nnc(SCc4ccc(-n5ccnc5)cc4C)s3)CC2)N([Si])C(=O)C2(NC(=O)OC(C)(C)C)CCN(c3ncnc4[nH]ccc34)CC2)cc1. The minimum Gasteiger partial charge on any atom is -0.444 e. The number of rotatable bonds is 28. The number of nitrogens with zero attached hydrogens (tertiary/aromatic N) is 11. The number of aryl methyl sites for hydroxylation is 2. The molecule has 0 spiro atoms. The van der Waals surface area contributed by atoms with Gasteiger partial charge in [-0.05, 0) is 88.8 Å². The molecule has 2 aliphatic heterocycles. The molecule has 2 fully saturated rings. The molecule has 3 radical (unpaired) electrons. The van der Waals surface area contributed by atoms with Crippen LogP contribution in [0.4, 0.5) is 10.6 Å². The highest BCUT2D eigenvalue weighted by Crippen LogP contribution is 2.34. The van der Waals surface area contributed by atoms with Gasteiger partial charge in [0.15, 0.2) is 14.7 Å². The number of nitrogens with one attached hydrogen (secondary N) is 2. The number of piperidine rings is 1. The molecule has 2 N–H and O–H groups in total. The summed E-state index contributed by atoms with van der Waals surface area (Å²) in [5.74, 6) is 1.09. The van der Waals surface area contributed by atoms with Crippen molar-refractivity contribution in [3.63, 3.8) is 0 Å². The molecule has 2 aliphatic rings. The average molecular weight is 1180 g/mol. The van der Waals surface area contributed by atoms with Gasteiger partial charge in [0.1, 0.15) is 28.9 Å². The molecule has 0 unspecified atom stereocenters. The normalized spacial score (nSPS) is 15.2. The number of carbonyl (C=O) groups excluding carboxylic acids is 4. The highest BCUT2D eigenvalue weighted by molar-refractivity contribution is 8.00. The number of likely N-dealkylation sites (N-methyl/N-ethyl adjacent to an activating group) is 1. The largest absolute Gasteiger partial charge is 0.444 e. The molecule has 0 bridgehead atoms. The molecule has 2 saturated heterocycles. The Morgan fingerprint density at radius 2 is 1.56 bits per heavy atom. The summed E-state index contributed by atoms with van der Waals surface area (Å²) in [6.07, 6.45) is 9.68. The number of thioether (sulfide) groups is 1. The molecule has 4 aromatic heterocycles. The number of aromatic amines is 1. The Bertz CT molecular complexity index is 3000. The Balaban J connectivity index is 0.676. The first-order valence-corrected chi connectivity index (χ1v) is 30.1. The number of aromatic nitrogens is 7. The number of amides is 4. The van der Waals surface area contributed by atoms with E-state index in [4.69, 9.17) is 23.7 Å². The lowest BCUT2D eigenvalue weighted by Gasteiger charge is -2.45. The number of hydrogen-bond acceptors (Lipinski definition) is 18. The molecule has 25 heteroatoms. The zero-order chi connectivity index (χ0) is 58.1. The fourth-order valence-electron chi connectivity index (χ4n) is 9.69. The highest BCUT2D eigenvalue weighted by Gasteiger charge is 2.47. The molecule has 8 rings (SSSR count). The van der Waals surface area contributed by atoms with Crippen LogP contribution in [0.1, 0.15) is 84.6 Å². The van der Waals surface area contributed by atoms with Crippen LogP contribution < -0.4 is 10.2 Å². The Morgan fingerprint density at radius 3 is 2.23 bits per heavy atom. The molecule has 4 amide bonds. The van der Waals surface area contributed by atoms with E-state index < -0.39 is 17.2 Å². The lowest BCUT2D eigenvalue weighted by atomic mass is 9.85. The predicted octanol–water partition coefficient (Wildman–Crippen LogP) is 6.18. The van der Waals surface area contributed by atoms with Gasteiger partial charge in [0.2, 0.25) is 16.8 Å². The van der Waals surface area contributed by atoms with Crippen molar-refractivity contribution in [3.8, 4) is 5.69 Å². The fraction of sp³-hybridized carbons (Fsp3) is 0.526. The molecule has 6 aromatic rings. The van der Waals surface area contributed by atoms with Crippen molar-refractivity contribution >= 4 is 74.2 Å². The van der Waals surface area contributed by atoms with Crippen LogP contribution in [0.3, 0.4) is 0 Å². The third-order valence-corrected chi connectivity index (χ3v) is 17.0. The molecular weight excluding hydrogens is 1100 g/mol. The van der Waals surface area contributed by atoms with Gasteiger partial charge >= 0.3 is 6.09 Å². The van der Waals surface area contributed by atoms with Crippen LogP contribution in [0.25, 0.3) is 16.7 Å². The lowest BCUT2D eigenvalue weighted by molar-refractivity contribution is -0.137. The van der Waals surface area contributed by atoms with E-state index in [1.54, 1.807) is 61.6 Å². The van der Waals surface area contributed by atoms with Gasteiger partial charge in [-0.1, -0.05) is 59.0 Å². The monoisotopic (exact) mass is 1180 g/mol. The second kappa shape index (κ2) is 29.8. The van der Waals surface area contributed by atoms with Crippen LogP contribution in [0.2, 0.25) is 0 Å². The van der Waals surface area contributed by atoms with Crippen LogP contribution in [-0.4, -0.2) is 212 Å². The molecule has 439 valence electrons. The smallest absolute Gasteiger partial charge is 0.408 e. The quantitative estimate of drug-likeness (QED) is 0.0317. The first kappa shape index (κ1) is 61.7. The molecular formula is C57H76N13O9S2Si. The van der Waals surface area contributed by atoms with Crippen molar-refractivity contribution in [2.45, 2.75) is 87.6 Å². The summed E-state index contributed by atoms with van der Waals surface area (Å²) in [7, 11) is 5.55. The van der Waals surface area contributed by atoms with E-state index in [2.05, 4.69) is 80.8 Å². The Labute approximate surface area is 491 Å². The Kier molecular flexibility index (Phi) is 22.4. The van der Waals surface area contributed by atoms with Gasteiger partial charge in [0.05, 0.1) is 71.0 Å². The van der Waals surface area contributed by atoms with Crippen molar-refractivity contribution in [3.05, 3.63) is 107 Å². The minimum absolute atomic E-state index is 0.0479. The van der Waals surface area contributed by atoms with E-state index in [1.165, 1.54) is 28.8 Å². The summed E-state index contributed by atoms with van der Waals surface area (Å²) in [5, 5.41) is 12.6. The molecule has 82 heavy (non-hydrogen) atoms. The Hall–Kier alpha value is -6.32. The first-order chi connectivity index (χ1) is 39.6. The van der Waals surface area contributed by atoms with Gasteiger partial charge in [-0.25, -0.2) is 19.7 Å². The molecule has 0 saturated carbocycles. The zero-order valence-corrected chi connectivity index (χ0v) is 50.5. The van der Waals surface area contributed by atoms with Crippen LogP contribution in [-0.2, 0) is 39.0 Å². The van der Waals surface area contributed by atoms with Crippen molar-refractivity contribution in [2.75, 3.05) is 117 Å². The number of benzene rings is 2. The van der Waals surface area contributed by atoms with E-state index in [1.807, 2.05) is 59.1 Å². The van der Waals surface area contributed by atoms with Gasteiger partial charge in [-0.2, -0.15) is 0 Å². The number of anilines is 1. The number of alkyl carbamates (subject to hydrolysis) is 1. The first-order valence-electron chi connectivity index (χ1n) is 27.8. The fourth-order valence-corrected chi connectivity index (χ4v) is 12.1. The van der Waals surface area contributed by atoms with Crippen molar-refractivity contribution < 1.29 is 42.9 Å². The minimum atomic E-state index is -1.26. The van der Waals surface area contributed by atoms with Gasteiger partial charge in [-0.3, -0.25) is 19.3 Å². The highest BCUT2D eigenvalue weighted by atomic mass is 32.2. The summed E-state index contributed by atoms with van der Waals surface area (Å²) in [6, 6.07) is 16.0. The zero-order valence-electron chi connectivity index (χ0n) is 47.8. The van der Waals surface area contributed by atoms with Crippen molar-refractivity contribution in [1.82, 2.24) is 59.3 Å². The van der Waals surface area contributed by atoms with Crippen LogP contribution >= 0.6 is 23.1 Å². The molecule has 0 aliphatic carbocycles. The maximum absolute atomic E-state index is 15.0. The Morgan fingerprint density at radius 1 is 0.866 bits per heavy atom. The third kappa shape index (κ3) is 17.4. The number of imidazole rings is 1. The predicted molar refractivity (Wildman–Crippen MR) is 314 cm³/mol. The summed E-state index contributed by atoms with van der Waals surface area (Å²) in [6.45, 7) is 17.1. The van der Waals surface area contributed by atoms with Crippen LogP contribution in [0.5, 0.6) is 0 Å².